The Kier molecular flexibility index (Phi) is 34.3. The Hall–Kier alpha value is -2.37. The summed E-state index contributed by atoms with van der Waals surface area (Å²) < 4.78 is 33.6. The van der Waals surface area contributed by atoms with Crippen molar-refractivity contribution in [2.24, 2.45) is 0 Å². The molecule has 0 aromatic rings. The highest BCUT2D eigenvalue weighted by atomic mass is 31.2. The van der Waals surface area contributed by atoms with E-state index < -0.39 is 44.7 Å². The van der Waals surface area contributed by atoms with E-state index in [1.165, 1.54) is 44.9 Å². The molecule has 11 nitrogen and oxygen atoms in total. The maximum Gasteiger partial charge on any atom is 0.306 e. The van der Waals surface area contributed by atoms with Gasteiger partial charge in [0, 0.05) is 12.8 Å². The fourth-order valence-corrected chi connectivity index (χ4v) is 5.98. The van der Waals surface area contributed by atoms with Crippen LogP contribution < -0.4 is 4.89 Å². The van der Waals surface area contributed by atoms with Crippen molar-refractivity contribution in [2.75, 3.05) is 47.5 Å². The smallest absolute Gasteiger partial charge is 0.306 e. The SMILES string of the molecule is CCCCC/C=C\C[C@@H](O)/C=C/C=C/C=C\[C@@H](O)CCCC(=O)OC[C@H](COP(=O)([O-])OCC[N+](C)(C)C)OC(=O)CCCCCCC/C=C\CCCCCC. The van der Waals surface area contributed by atoms with Gasteiger partial charge in [0.1, 0.15) is 19.8 Å². The lowest BCUT2D eigenvalue weighted by Gasteiger charge is -2.28. The van der Waals surface area contributed by atoms with Crippen LogP contribution in [0.3, 0.4) is 0 Å². The number of aliphatic hydroxyl groups excluding tert-OH is 2. The van der Waals surface area contributed by atoms with Crippen LogP contribution in [0.5, 0.6) is 0 Å². The molecule has 0 aromatic heterocycles. The number of aliphatic hydroxyl groups is 2. The van der Waals surface area contributed by atoms with Gasteiger partial charge in [-0.2, -0.15) is 0 Å². The average Bonchev–Trinajstić information content (AvgIpc) is 3.13. The number of nitrogens with zero attached hydrogens (tertiary/aromatic N) is 1. The molecule has 324 valence electrons. The first-order valence-corrected chi connectivity index (χ1v) is 22.7. The van der Waals surface area contributed by atoms with Crippen molar-refractivity contribution in [2.45, 2.75) is 161 Å². The van der Waals surface area contributed by atoms with E-state index in [-0.39, 0.29) is 26.1 Å². The fourth-order valence-electron chi connectivity index (χ4n) is 5.25. The van der Waals surface area contributed by atoms with Crippen LogP contribution in [0.25, 0.3) is 0 Å². The molecule has 0 aliphatic rings. The van der Waals surface area contributed by atoms with Crippen LogP contribution in [0.1, 0.15) is 142 Å². The van der Waals surface area contributed by atoms with Gasteiger partial charge in [-0.05, 0) is 64.2 Å². The Bertz CT molecular complexity index is 1180. The van der Waals surface area contributed by atoms with Crippen LogP contribution >= 0.6 is 7.82 Å². The molecular formula is C44H78NO10P. The Morgan fingerprint density at radius 3 is 1.84 bits per heavy atom. The molecule has 0 spiro atoms. The van der Waals surface area contributed by atoms with E-state index in [0.717, 1.165) is 44.9 Å². The van der Waals surface area contributed by atoms with Crippen molar-refractivity contribution < 1.29 is 52.3 Å². The number of hydrogen-bond acceptors (Lipinski definition) is 10. The van der Waals surface area contributed by atoms with Gasteiger partial charge in [-0.25, -0.2) is 0 Å². The van der Waals surface area contributed by atoms with E-state index in [1.54, 1.807) is 36.5 Å². The molecule has 2 N–H and O–H groups in total. The summed E-state index contributed by atoms with van der Waals surface area (Å²) in [6.07, 6.45) is 34.5. The van der Waals surface area contributed by atoms with Gasteiger partial charge in [0.25, 0.3) is 7.82 Å². The van der Waals surface area contributed by atoms with Crippen LogP contribution in [0.15, 0.2) is 60.8 Å². The minimum atomic E-state index is -4.69. The third-order valence-corrected chi connectivity index (χ3v) is 9.66. The van der Waals surface area contributed by atoms with E-state index in [1.807, 2.05) is 27.2 Å². The summed E-state index contributed by atoms with van der Waals surface area (Å²) >= 11 is 0. The van der Waals surface area contributed by atoms with Crippen molar-refractivity contribution in [1.82, 2.24) is 0 Å². The number of rotatable bonds is 37. The van der Waals surface area contributed by atoms with Gasteiger partial charge in [-0.1, -0.05) is 126 Å². The second-order valence-corrected chi connectivity index (χ2v) is 16.8. The summed E-state index contributed by atoms with van der Waals surface area (Å²) in [5.41, 5.74) is 0. The molecule has 0 fully saturated rings. The molecule has 12 heteroatoms. The Morgan fingerprint density at radius 2 is 1.20 bits per heavy atom. The molecule has 0 amide bonds. The Morgan fingerprint density at radius 1 is 0.661 bits per heavy atom. The first-order valence-electron chi connectivity index (χ1n) is 21.2. The number of esters is 2. The summed E-state index contributed by atoms with van der Waals surface area (Å²) in [7, 11) is 1.02. The Labute approximate surface area is 340 Å². The van der Waals surface area contributed by atoms with Crippen molar-refractivity contribution in [1.29, 1.82) is 0 Å². The quantitative estimate of drug-likeness (QED) is 0.0155. The molecule has 0 saturated carbocycles. The van der Waals surface area contributed by atoms with Gasteiger partial charge in [0.15, 0.2) is 6.10 Å². The molecule has 0 aliphatic carbocycles. The van der Waals surface area contributed by atoms with E-state index >= 15 is 0 Å². The number of carbonyl (C=O) groups excluding carboxylic acids is 2. The molecule has 0 bridgehead atoms. The van der Waals surface area contributed by atoms with Gasteiger partial charge >= 0.3 is 11.9 Å². The summed E-state index contributed by atoms with van der Waals surface area (Å²) in [6.45, 7) is 3.83. The Balaban J connectivity index is 4.67. The molecule has 0 heterocycles. The van der Waals surface area contributed by atoms with Crippen LogP contribution in [-0.2, 0) is 32.7 Å². The highest BCUT2D eigenvalue weighted by Gasteiger charge is 2.22. The number of hydrogen-bond donors (Lipinski definition) is 2. The molecular weight excluding hydrogens is 733 g/mol. The molecule has 1 unspecified atom stereocenters. The summed E-state index contributed by atoms with van der Waals surface area (Å²) in [4.78, 5) is 37.5. The van der Waals surface area contributed by atoms with E-state index in [0.29, 0.717) is 36.7 Å². The van der Waals surface area contributed by atoms with Crippen LogP contribution in [0.4, 0.5) is 0 Å². The summed E-state index contributed by atoms with van der Waals surface area (Å²) in [5.74, 6) is -1.09. The molecule has 4 atom stereocenters. The predicted molar refractivity (Wildman–Crippen MR) is 225 cm³/mol. The fraction of sp³-hybridized carbons (Fsp3) is 0.727. The lowest BCUT2D eigenvalue weighted by atomic mass is 10.1. The van der Waals surface area contributed by atoms with Crippen molar-refractivity contribution in [3.8, 4) is 0 Å². The van der Waals surface area contributed by atoms with E-state index in [9.17, 15) is 29.3 Å². The minimum absolute atomic E-state index is 0.0128. The second kappa shape index (κ2) is 35.8. The highest BCUT2D eigenvalue weighted by Crippen LogP contribution is 2.38. The van der Waals surface area contributed by atoms with Gasteiger partial charge in [-0.3, -0.25) is 14.2 Å². The zero-order valence-electron chi connectivity index (χ0n) is 35.5. The molecule has 56 heavy (non-hydrogen) atoms. The largest absolute Gasteiger partial charge is 0.756 e. The average molecular weight is 812 g/mol. The van der Waals surface area contributed by atoms with Crippen LogP contribution in [-0.4, -0.2) is 92.5 Å². The number of likely N-dealkylation sites (N-methyl/N-ethyl adjacent to an activating group) is 1. The standard InChI is InChI=1S/C44H78NO10P/c1-6-8-10-12-14-15-16-17-18-19-20-22-28-34-44(49)55-42(39-54-56(50,51)53-37-36-45(3,4)5)38-52-43(48)35-29-33-41(47)32-27-24-23-26-31-40(46)30-25-21-13-11-9-7-2/h15-16,21,23-27,31-32,40-42,46-47H,6-14,17-20,22,28-30,33-39H2,1-5H3/b16-15-,24-23+,25-21-,31-26+,32-27-/t40-,41-,42-/m1/s1. The van der Waals surface area contributed by atoms with Gasteiger partial charge in [-0.15, -0.1) is 0 Å². The van der Waals surface area contributed by atoms with Gasteiger partial charge in [0.05, 0.1) is 40.0 Å². The van der Waals surface area contributed by atoms with Crippen molar-refractivity contribution in [3.63, 3.8) is 0 Å². The number of ether oxygens (including phenoxy) is 2. The normalized spacial score (nSPS) is 15.4. The predicted octanol–water partition coefficient (Wildman–Crippen LogP) is 8.99. The maximum absolute atomic E-state index is 12.6. The zero-order valence-corrected chi connectivity index (χ0v) is 36.4. The molecule has 0 aliphatic heterocycles. The number of carbonyl (C=O) groups is 2. The first-order chi connectivity index (χ1) is 26.8. The maximum atomic E-state index is 12.6. The summed E-state index contributed by atoms with van der Waals surface area (Å²) in [5, 5.41) is 20.3. The lowest BCUT2D eigenvalue weighted by Crippen LogP contribution is -2.37. The molecule has 0 radical (unpaired) electrons. The molecule has 0 saturated heterocycles. The number of quaternary nitrogens is 1. The number of phosphoric acid groups is 1. The summed E-state index contributed by atoms with van der Waals surface area (Å²) in [6, 6.07) is 0. The molecule has 0 aromatic carbocycles. The van der Waals surface area contributed by atoms with E-state index in [4.69, 9.17) is 18.5 Å². The number of allylic oxidation sites excluding steroid dienone is 7. The van der Waals surface area contributed by atoms with Crippen LogP contribution in [0.2, 0.25) is 0 Å². The van der Waals surface area contributed by atoms with Gasteiger partial charge < -0.3 is 38.1 Å². The van der Waals surface area contributed by atoms with Crippen molar-refractivity contribution in [3.05, 3.63) is 60.8 Å². The monoisotopic (exact) mass is 812 g/mol. The topological polar surface area (TPSA) is 152 Å². The lowest BCUT2D eigenvalue weighted by molar-refractivity contribution is -0.870. The van der Waals surface area contributed by atoms with Crippen LogP contribution in [0, 0.1) is 0 Å². The highest BCUT2D eigenvalue weighted by molar-refractivity contribution is 7.45. The zero-order chi connectivity index (χ0) is 41.8. The number of unbranched alkanes of at least 4 members (excludes halogenated alkanes) is 12. The van der Waals surface area contributed by atoms with Crippen molar-refractivity contribution >= 4 is 19.8 Å². The molecule has 0 rings (SSSR count). The third kappa shape index (κ3) is 38.5. The number of phosphoric ester groups is 1. The minimum Gasteiger partial charge on any atom is -0.756 e. The van der Waals surface area contributed by atoms with E-state index in [2.05, 4.69) is 32.1 Å². The third-order valence-electron chi connectivity index (χ3n) is 8.70. The second-order valence-electron chi connectivity index (χ2n) is 15.4. The van der Waals surface area contributed by atoms with Gasteiger partial charge in [0.2, 0.25) is 0 Å². The first kappa shape index (κ1) is 53.6.